The average Bonchev–Trinajstić information content (AvgIpc) is 3.76. The quantitative estimate of drug-likeness (QED) is 0.206. The van der Waals surface area contributed by atoms with Crippen LogP contribution in [0, 0.1) is 0 Å². The van der Waals surface area contributed by atoms with Crippen LogP contribution < -0.4 is 0 Å². The molecule has 0 fully saturated rings. The van der Waals surface area contributed by atoms with Gasteiger partial charge in [0.1, 0.15) is 11.2 Å². The van der Waals surface area contributed by atoms with Crippen molar-refractivity contribution in [2.45, 2.75) is 0 Å². The van der Waals surface area contributed by atoms with E-state index in [9.17, 15) is 0 Å². The molecule has 3 aromatic heterocycles. The maximum atomic E-state index is 6.25. The highest BCUT2D eigenvalue weighted by molar-refractivity contribution is 6.26. The lowest BCUT2D eigenvalue weighted by Crippen LogP contribution is -1.96. The van der Waals surface area contributed by atoms with Crippen molar-refractivity contribution in [3.63, 3.8) is 0 Å². The van der Waals surface area contributed by atoms with Crippen molar-refractivity contribution in [1.82, 2.24) is 9.13 Å². The van der Waals surface area contributed by atoms with Crippen LogP contribution in [0.2, 0.25) is 0 Å². The summed E-state index contributed by atoms with van der Waals surface area (Å²) in [6, 6.07) is 56.5. The molecule has 0 saturated carbocycles. The van der Waals surface area contributed by atoms with Gasteiger partial charge in [0.05, 0.1) is 22.1 Å². The molecule has 0 N–H and O–H groups in total. The Labute approximate surface area is 258 Å². The van der Waals surface area contributed by atoms with E-state index in [-0.39, 0.29) is 0 Å². The van der Waals surface area contributed by atoms with Gasteiger partial charge in [0.2, 0.25) is 0 Å². The van der Waals surface area contributed by atoms with Crippen LogP contribution in [0.3, 0.4) is 0 Å². The molecule has 0 saturated heterocycles. The molecule has 0 unspecified atom stereocenters. The maximum absolute atomic E-state index is 6.25. The molecule has 0 aliphatic carbocycles. The van der Waals surface area contributed by atoms with Crippen LogP contribution in [0.5, 0.6) is 0 Å². The molecule has 0 spiro atoms. The van der Waals surface area contributed by atoms with Crippen LogP contribution in [0.1, 0.15) is 0 Å². The predicted octanol–water partition coefficient (Wildman–Crippen LogP) is 11.4. The van der Waals surface area contributed by atoms with Gasteiger partial charge in [-0.05, 0) is 65.7 Å². The van der Waals surface area contributed by atoms with Crippen molar-refractivity contribution >= 4 is 65.6 Å². The SMILES string of the molecule is c1ccc(-n2c3ccccc3c3c2ccc2c4ccccc4n(-c4cccc(-c5cccc6oc7ccccc7c56)c4)c23)cc1. The fourth-order valence-electron chi connectivity index (χ4n) is 7.46. The van der Waals surface area contributed by atoms with Gasteiger partial charge in [-0.3, -0.25) is 0 Å². The smallest absolute Gasteiger partial charge is 0.136 e. The predicted molar refractivity (Wildman–Crippen MR) is 188 cm³/mol. The lowest BCUT2D eigenvalue weighted by molar-refractivity contribution is 0.669. The number of fused-ring (bicyclic) bond motifs is 10. The Morgan fingerprint density at radius 3 is 1.91 bits per heavy atom. The van der Waals surface area contributed by atoms with Gasteiger partial charge >= 0.3 is 0 Å². The second-order valence-corrected chi connectivity index (χ2v) is 11.7. The summed E-state index contributed by atoms with van der Waals surface area (Å²) < 4.78 is 11.1. The minimum Gasteiger partial charge on any atom is -0.456 e. The van der Waals surface area contributed by atoms with Crippen molar-refractivity contribution in [2.24, 2.45) is 0 Å². The van der Waals surface area contributed by atoms with Gasteiger partial charge in [-0.25, -0.2) is 0 Å². The summed E-state index contributed by atoms with van der Waals surface area (Å²) in [4.78, 5) is 0. The van der Waals surface area contributed by atoms with Gasteiger partial charge in [0.25, 0.3) is 0 Å². The third kappa shape index (κ3) is 3.41. The molecule has 0 aliphatic heterocycles. The van der Waals surface area contributed by atoms with E-state index in [2.05, 4.69) is 155 Å². The van der Waals surface area contributed by atoms with Crippen molar-refractivity contribution < 1.29 is 4.42 Å². The van der Waals surface area contributed by atoms with Crippen LogP contribution in [-0.4, -0.2) is 9.13 Å². The number of furan rings is 1. The number of hydrogen-bond donors (Lipinski definition) is 0. The largest absolute Gasteiger partial charge is 0.456 e. The number of aromatic nitrogens is 2. The number of hydrogen-bond acceptors (Lipinski definition) is 1. The van der Waals surface area contributed by atoms with Gasteiger partial charge in [-0.15, -0.1) is 0 Å². The molecule has 0 bridgehead atoms. The van der Waals surface area contributed by atoms with Crippen LogP contribution in [0.4, 0.5) is 0 Å². The molecular weight excluding hydrogens is 548 g/mol. The second kappa shape index (κ2) is 9.22. The Hall–Kier alpha value is -6.06. The molecule has 10 rings (SSSR count). The van der Waals surface area contributed by atoms with Gasteiger partial charge in [-0.1, -0.05) is 103 Å². The first-order chi connectivity index (χ1) is 22.3. The van der Waals surface area contributed by atoms with Gasteiger partial charge in [0, 0.05) is 43.7 Å². The Morgan fingerprint density at radius 1 is 0.378 bits per heavy atom. The summed E-state index contributed by atoms with van der Waals surface area (Å²) in [7, 11) is 0. The first kappa shape index (κ1) is 24.4. The summed E-state index contributed by atoms with van der Waals surface area (Å²) in [5.41, 5.74) is 11.3. The summed E-state index contributed by atoms with van der Waals surface area (Å²) >= 11 is 0. The molecule has 10 aromatic rings. The van der Waals surface area contributed by atoms with E-state index >= 15 is 0 Å². The molecule has 3 heteroatoms. The van der Waals surface area contributed by atoms with Gasteiger partial charge in [0.15, 0.2) is 0 Å². The van der Waals surface area contributed by atoms with E-state index in [0.29, 0.717) is 0 Å². The standard InChI is InChI=1S/C42H26N2O/c1-2-13-28(14-3-1)43-36-21-8-5-17-33(36)41-37(43)25-24-32-31-16-4-7-20-35(31)44(42(32)41)29-15-10-12-27(26-29)30-19-11-23-39-40(30)34-18-6-9-22-38(34)45-39/h1-26H. The Kier molecular flexibility index (Phi) is 5.00. The van der Waals surface area contributed by atoms with E-state index < -0.39 is 0 Å². The molecule has 7 aromatic carbocycles. The van der Waals surface area contributed by atoms with Crippen molar-refractivity contribution in [1.29, 1.82) is 0 Å². The van der Waals surface area contributed by atoms with Crippen LogP contribution in [0.15, 0.2) is 162 Å². The average molecular weight is 575 g/mol. The van der Waals surface area contributed by atoms with Crippen molar-refractivity contribution in [3.05, 3.63) is 158 Å². The number of benzene rings is 7. The topological polar surface area (TPSA) is 23.0 Å². The Balaban J connectivity index is 1.32. The Bertz CT molecular complexity index is 2760. The van der Waals surface area contributed by atoms with E-state index in [0.717, 1.165) is 38.9 Å². The minimum atomic E-state index is 0.909. The molecule has 0 aliphatic rings. The maximum Gasteiger partial charge on any atom is 0.136 e. The zero-order chi connectivity index (χ0) is 29.5. The van der Waals surface area contributed by atoms with Gasteiger partial charge < -0.3 is 13.6 Å². The zero-order valence-corrected chi connectivity index (χ0v) is 24.3. The van der Waals surface area contributed by atoms with E-state index in [4.69, 9.17) is 4.42 Å². The fourth-order valence-corrected chi connectivity index (χ4v) is 7.46. The highest BCUT2D eigenvalue weighted by Crippen LogP contribution is 2.43. The summed E-state index contributed by atoms with van der Waals surface area (Å²) in [6.07, 6.45) is 0. The fraction of sp³-hybridized carbons (Fsp3) is 0. The molecule has 3 nitrogen and oxygen atoms in total. The molecule has 3 heterocycles. The van der Waals surface area contributed by atoms with Crippen LogP contribution >= 0.6 is 0 Å². The van der Waals surface area contributed by atoms with E-state index in [1.807, 2.05) is 12.1 Å². The molecular formula is C42H26N2O. The second-order valence-electron chi connectivity index (χ2n) is 11.7. The summed E-state index contributed by atoms with van der Waals surface area (Å²) in [5, 5.41) is 7.30. The number of nitrogens with zero attached hydrogens (tertiary/aromatic N) is 2. The lowest BCUT2D eigenvalue weighted by Gasteiger charge is -2.12. The van der Waals surface area contributed by atoms with E-state index in [1.165, 1.54) is 49.2 Å². The monoisotopic (exact) mass is 574 g/mol. The van der Waals surface area contributed by atoms with Gasteiger partial charge in [-0.2, -0.15) is 0 Å². The molecule has 0 atom stereocenters. The summed E-state index contributed by atoms with van der Waals surface area (Å²) in [5.74, 6) is 0. The third-order valence-corrected chi connectivity index (χ3v) is 9.30. The summed E-state index contributed by atoms with van der Waals surface area (Å²) in [6.45, 7) is 0. The first-order valence-electron chi connectivity index (χ1n) is 15.4. The number of para-hydroxylation sites is 4. The molecule has 0 amide bonds. The van der Waals surface area contributed by atoms with Crippen LogP contribution in [0.25, 0.3) is 88.1 Å². The van der Waals surface area contributed by atoms with Crippen molar-refractivity contribution in [3.8, 4) is 22.5 Å². The normalized spacial score (nSPS) is 12.0. The zero-order valence-electron chi connectivity index (χ0n) is 24.3. The molecule has 45 heavy (non-hydrogen) atoms. The highest BCUT2D eigenvalue weighted by atomic mass is 16.3. The number of rotatable bonds is 3. The first-order valence-corrected chi connectivity index (χ1v) is 15.4. The third-order valence-electron chi connectivity index (χ3n) is 9.30. The molecule has 0 radical (unpaired) electrons. The van der Waals surface area contributed by atoms with E-state index in [1.54, 1.807) is 0 Å². The molecule has 210 valence electrons. The van der Waals surface area contributed by atoms with Crippen molar-refractivity contribution in [2.75, 3.05) is 0 Å². The Morgan fingerprint density at radius 2 is 1.04 bits per heavy atom. The highest BCUT2D eigenvalue weighted by Gasteiger charge is 2.21. The minimum absolute atomic E-state index is 0.909. The lowest BCUT2D eigenvalue weighted by atomic mass is 9.99. The van der Waals surface area contributed by atoms with Crippen LogP contribution in [-0.2, 0) is 0 Å².